The molecule has 5 rings (SSSR count). The Hall–Kier alpha value is -1.95. The maximum Gasteiger partial charge on any atom is 0.269 e. The zero-order valence-electron chi connectivity index (χ0n) is 14.2. The summed E-state index contributed by atoms with van der Waals surface area (Å²) >= 11 is 0. The molecule has 0 radical (unpaired) electrons. The first-order valence-corrected chi connectivity index (χ1v) is 9.10. The smallest absolute Gasteiger partial charge is 0.269 e. The summed E-state index contributed by atoms with van der Waals surface area (Å²) in [5.41, 5.74) is 0.895. The van der Waals surface area contributed by atoms with Crippen LogP contribution in [0.15, 0.2) is 24.3 Å². The summed E-state index contributed by atoms with van der Waals surface area (Å²) in [5, 5.41) is 22.9. The minimum Gasteiger partial charge on any atom is -0.395 e. The Bertz CT molecular complexity index is 686. The van der Waals surface area contributed by atoms with Crippen molar-refractivity contribution in [2.45, 2.75) is 43.9 Å². The van der Waals surface area contributed by atoms with E-state index >= 15 is 0 Å². The highest BCUT2D eigenvalue weighted by molar-refractivity contribution is 5.83. The van der Waals surface area contributed by atoms with Gasteiger partial charge >= 0.3 is 0 Å². The summed E-state index contributed by atoms with van der Waals surface area (Å²) < 4.78 is 0. The Labute approximate surface area is 146 Å². The number of benzene rings is 1. The number of aliphatic hydroxyl groups is 1. The quantitative estimate of drug-likeness (QED) is 0.634. The number of nitro groups is 1. The second-order valence-corrected chi connectivity index (χ2v) is 8.31. The van der Waals surface area contributed by atoms with E-state index in [9.17, 15) is 14.9 Å². The Morgan fingerprint density at radius 3 is 2.40 bits per heavy atom. The number of non-ortho nitro benzene ring substituents is 1. The summed E-state index contributed by atoms with van der Waals surface area (Å²) in [4.78, 5) is 23.4. The first-order chi connectivity index (χ1) is 12.0. The lowest BCUT2D eigenvalue weighted by atomic mass is 9.42. The molecule has 2 unspecified atom stereocenters. The van der Waals surface area contributed by atoms with Crippen LogP contribution in [-0.2, 0) is 10.2 Å². The van der Waals surface area contributed by atoms with Gasteiger partial charge in [-0.15, -0.1) is 0 Å². The fourth-order valence-corrected chi connectivity index (χ4v) is 6.16. The van der Waals surface area contributed by atoms with E-state index in [0.717, 1.165) is 37.7 Å². The molecule has 2 N–H and O–H groups in total. The van der Waals surface area contributed by atoms with E-state index in [4.69, 9.17) is 5.11 Å². The highest BCUT2D eigenvalue weighted by Crippen LogP contribution is 2.65. The van der Waals surface area contributed by atoms with Gasteiger partial charge < -0.3 is 10.4 Å². The van der Waals surface area contributed by atoms with E-state index in [-0.39, 0.29) is 34.0 Å². The van der Waals surface area contributed by atoms with E-state index in [1.165, 1.54) is 6.42 Å². The molecule has 0 aliphatic heterocycles. The van der Waals surface area contributed by atoms with Crippen molar-refractivity contribution in [3.8, 4) is 0 Å². The van der Waals surface area contributed by atoms with Crippen LogP contribution >= 0.6 is 0 Å². The largest absolute Gasteiger partial charge is 0.395 e. The second-order valence-electron chi connectivity index (χ2n) is 8.31. The van der Waals surface area contributed by atoms with E-state index in [1.54, 1.807) is 12.1 Å². The number of hydrogen-bond acceptors (Lipinski definition) is 4. The number of rotatable bonds is 5. The van der Waals surface area contributed by atoms with Gasteiger partial charge in [0.1, 0.15) is 0 Å². The minimum atomic E-state index is -0.368. The topological polar surface area (TPSA) is 92.5 Å². The minimum absolute atomic E-state index is 0.0320. The van der Waals surface area contributed by atoms with Gasteiger partial charge in [-0.25, -0.2) is 0 Å². The predicted octanol–water partition coefficient (Wildman–Crippen LogP) is 2.54. The van der Waals surface area contributed by atoms with Gasteiger partial charge in [-0.2, -0.15) is 0 Å². The Kier molecular flexibility index (Phi) is 3.83. The van der Waals surface area contributed by atoms with Crippen molar-refractivity contribution in [1.29, 1.82) is 0 Å². The summed E-state index contributed by atoms with van der Waals surface area (Å²) in [6.45, 7) is 0.266. The van der Waals surface area contributed by atoms with Crippen LogP contribution in [-0.4, -0.2) is 29.1 Å². The molecule has 6 nitrogen and oxygen atoms in total. The van der Waals surface area contributed by atoms with E-state index < -0.39 is 0 Å². The lowest BCUT2D eigenvalue weighted by Crippen LogP contribution is -2.59. The molecule has 0 saturated heterocycles. The lowest BCUT2D eigenvalue weighted by molar-refractivity contribution is -0.384. The van der Waals surface area contributed by atoms with Crippen LogP contribution in [0.3, 0.4) is 0 Å². The second kappa shape index (κ2) is 5.80. The van der Waals surface area contributed by atoms with Gasteiger partial charge in [0, 0.05) is 18.7 Å². The van der Waals surface area contributed by atoms with Crippen molar-refractivity contribution in [3.05, 3.63) is 39.9 Å². The number of nitro benzene ring substituents is 1. The zero-order valence-corrected chi connectivity index (χ0v) is 14.2. The maximum absolute atomic E-state index is 12.9. The van der Waals surface area contributed by atoms with Crippen LogP contribution in [0.25, 0.3) is 0 Å². The van der Waals surface area contributed by atoms with Crippen molar-refractivity contribution < 1.29 is 14.8 Å². The van der Waals surface area contributed by atoms with Gasteiger partial charge in [-0.05, 0) is 61.3 Å². The molecular weight excluding hydrogens is 320 g/mol. The monoisotopic (exact) mass is 344 g/mol. The van der Waals surface area contributed by atoms with E-state index in [0.29, 0.717) is 18.4 Å². The maximum atomic E-state index is 12.9. The molecule has 4 saturated carbocycles. The number of nitrogens with one attached hydrogen (secondary N) is 1. The van der Waals surface area contributed by atoms with Crippen molar-refractivity contribution >= 4 is 11.6 Å². The number of nitrogens with zero attached hydrogens (tertiary/aromatic N) is 1. The molecule has 0 spiro atoms. The van der Waals surface area contributed by atoms with E-state index in [2.05, 4.69) is 5.32 Å². The molecule has 4 fully saturated rings. The third-order valence-electron chi connectivity index (χ3n) is 6.63. The van der Waals surface area contributed by atoms with Crippen LogP contribution in [0, 0.1) is 27.4 Å². The summed E-state index contributed by atoms with van der Waals surface area (Å²) in [6, 6.07) is 6.97. The number of carbonyl (C=O) groups is 1. The van der Waals surface area contributed by atoms with Gasteiger partial charge in [0.2, 0.25) is 5.91 Å². The van der Waals surface area contributed by atoms with Gasteiger partial charge in [0.25, 0.3) is 5.69 Å². The average molecular weight is 344 g/mol. The van der Waals surface area contributed by atoms with Crippen molar-refractivity contribution in [1.82, 2.24) is 5.32 Å². The third kappa shape index (κ3) is 2.63. The zero-order chi connectivity index (χ0) is 17.7. The SMILES string of the molecule is O=C(NCCO)C12CC3CC(C1)CC(c1ccc([N+](=O)[O-])cc1)(C3)C2. The molecule has 1 aromatic carbocycles. The van der Waals surface area contributed by atoms with Gasteiger partial charge in [-0.1, -0.05) is 12.1 Å². The number of aliphatic hydroxyl groups excluding tert-OH is 1. The van der Waals surface area contributed by atoms with Crippen LogP contribution in [0.5, 0.6) is 0 Å². The summed E-state index contributed by atoms with van der Waals surface area (Å²) in [6.07, 6.45) is 6.06. The molecule has 1 aromatic rings. The molecular formula is C19H24N2O4. The van der Waals surface area contributed by atoms with E-state index in [1.807, 2.05) is 12.1 Å². The van der Waals surface area contributed by atoms with Crippen LogP contribution in [0.1, 0.15) is 44.1 Å². The molecule has 0 aromatic heterocycles. The molecule has 0 heterocycles. The third-order valence-corrected chi connectivity index (χ3v) is 6.63. The average Bonchev–Trinajstić information content (AvgIpc) is 2.58. The first kappa shape index (κ1) is 16.5. The van der Waals surface area contributed by atoms with Gasteiger partial charge in [-0.3, -0.25) is 14.9 Å². The molecule has 4 bridgehead atoms. The van der Waals surface area contributed by atoms with Crippen molar-refractivity contribution in [2.75, 3.05) is 13.2 Å². The number of carbonyl (C=O) groups excluding carboxylic acids is 1. The number of hydrogen-bond donors (Lipinski definition) is 2. The summed E-state index contributed by atoms with van der Waals surface area (Å²) in [7, 11) is 0. The van der Waals surface area contributed by atoms with Crippen LogP contribution in [0.4, 0.5) is 5.69 Å². The van der Waals surface area contributed by atoms with Gasteiger partial charge in [0.05, 0.1) is 16.9 Å². The fourth-order valence-electron chi connectivity index (χ4n) is 6.16. The summed E-state index contributed by atoms with van der Waals surface area (Å²) in [5.74, 6) is 1.19. The molecule has 4 aliphatic rings. The molecule has 25 heavy (non-hydrogen) atoms. The van der Waals surface area contributed by atoms with Crippen molar-refractivity contribution in [2.24, 2.45) is 17.3 Å². The van der Waals surface area contributed by atoms with Crippen LogP contribution in [0.2, 0.25) is 0 Å². The molecule has 4 aliphatic carbocycles. The normalized spacial score (nSPS) is 35.6. The lowest BCUT2D eigenvalue weighted by Gasteiger charge is -2.61. The molecule has 134 valence electrons. The first-order valence-electron chi connectivity index (χ1n) is 9.10. The highest BCUT2D eigenvalue weighted by atomic mass is 16.6. The Balaban J connectivity index is 1.66. The fraction of sp³-hybridized carbons (Fsp3) is 0.632. The molecule has 6 heteroatoms. The standard InChI is InChI=1S/C19H24N2O4/c22-6-5-20-17(23)19-10-13-7-14(11-19)9-18(8-13,12-19)15-1-3-16(4-2-15)21(24)25/h1-4,13-14,22H,5-12H2,(H,20,23). The molecule has 2 atom stereocenters. The number of amides is 1. The van der Waals surface area contributed by atoms with Crippen LogP contribution < -0.4 is 5.32 Å². The Morgan fingerprint density at radius 1 is 1.20 bits per heavy atom. The molecule has 1 amide bonds. The Morgan fingerprint density at radius 2 is 1.84 bits per heavy atom. The highest BCUT2D eigenvalue weighted by Gasteiger charge is 2.60. The van der Waals surface area contributed by atoms with Gasteiger partial charge in [0.15, 0.2) is 0 Å². The predicted molar refractivity (Wildman–Crippen MR) is 92.0 cm³/mol. The van der Waals surface area contributed by atoms with Crippen molar-refractivity contribution in [3.63, 3.8) is 0 Å².